The van der Waals surface area contributed by atoms with Gasteiger partial charge >= 0.3 is 0 Å². The van der Waals surface area contributed by atoms with Crippen LogP contribution in [0.5, 0.6) is 0 Å². The molecule has 3 nitrogen and oxygen atoms in total. The molecule has 3 N–H and O–H groups in total. The quantitative estimate of drug-likeness (QED) is 0.871. The summed E-state index contributed by atoms with van der Waals surface area (Å²) < 4.78 is 0. The normalized spacial score (nSPS) is 14.2. The van der Waals surface area contributed by atoms with Crippen LogP contribution >= 0.6 is 0 Å². The maximum Gasteiger partial charge on any atom is 0.255 e. The molecule has 0 spiro atoms. The van der Waals surface area contributed by atoms with Gasteiger partial charge < -0.3 is 11.1 Å². The van der Waals surface area contributed by atoms with Crippen molar-refractivity contribution in [2.75, 3.05) is 5.32 Å². The monoisotopic (exact) mass is 258 g/mol. The Bertz CT molecular complexity index is 470. The second-order valence-electron chi connectivity index (χ2n) is 4.16. The van der Waals surface area contributed by atoms with Gasteiger partial charge in [-0.3, -0.25) is 4.79 Å². The number of hydrogen-bond acceptors (Lipinski definition) is 2. The predicted molar refractivity (Wildman–Crippen MR) is 80.9 cm³/mol. The Hall–Kier alpha value is -1.87. The van der Waals surface area contributed by atoms with Crippen molar-refractivity contribution in [3.05, 3.63) is 53.6 Å². The second-order valence-corrected chi connectivity index (χ2v) is 4.16. The molecule has 0 aromatic heterocycles. The number of amides is 1. The highest BCUT2D eigenvalue weighted by Gasteiger charge is 2.09. The first-order valence-corrected chi connectivity index (χ1v) is 6.70. The highest BCUT2D eigenvalue weighted by molar-refractivity contribution is 6.06. The summed E-state index contributed by atoms with van der Waals surface area (Å²) in [5.74, 6) is -0.0627. The van der Waals surface area contributed by atoms with Gasteiger partial charge in [0.2, 0.25) is 0 Å². The van der Waals surface area contributed by atoms with E-state index in [4.69, 9.17) is 5.73 Å². The van der Waals surface area contributed by atoms with Gasteiger partial charge in [-0.25, -0.2) is 0 Å². The van der Waals surface area contributed by atoms with Gasteiger partial charge in [-0.15, -0.1) is 0 Å². The number of hydrogen-bond donors (Lipinski definition) is 2. The molecule has 1 amide bonds. The summed E-state index contributed by atoms with van der Waals surface area (Å²) in [6.07, 6.45) is 6.55. The lowest BCUT2D eigenvalue weighted by Crippen LogP contribution is -2.12. The standard InChI is InChI=1S/C14H16N2O.C2H6/c1-10(15)11-6-8-13(9-7-11)16-14(17)12-4-2-3-5-12;1-2/h2,4-10H,3,15H2,1H3,(H,16,17);1-2H3. The third-order valence-corrected chi connectivity index (χ3v) is 2.73. The van der Waals surface area contributed by atoms with Gasteiger partial charge in [0.05, 0.1) is 0 Å². The van der Waals surface area contributed by atoms with E-state index < -0.39 is 0 Å². The van der Waals surface area contributed by atoms with E-state index in [2.05, 4.69) is 5.32 Å². The fraction of sp³-hybridized carbons (Fsp3) is 0.312. The lowest BCUT2D eigenvalue weighted by molar-refractivity contribution is -0.112. The molecular weight excluding hydrogens is 236 g/mol. The van der Waals surface area contributed by atoms with Crippen LogP contribution in [0.4, 0.5) is 5.69 Å². The molecule has 0 fully saturated rings. The topological polar surface area (TPSA) is 55.1 Å². The van der Waals surface area contributed by atoms with Gasteiger partial charge in [-0.1, -0.05) is 44.2 Å². The smallest absolute Gasteiger partial charge is 0.255 e. The lowest BCUT2D eigenvalue weighted by atomic mass is 10.1. The second kappa shape index (κ2) is 7.54. The zero-order valence-corrected chi connectivity index (χ0v) is 11.8. The number of nitrogens with two attached hydrogens (primary N) is 1. The van der Waals surface area contributed by atoms with Crippen molar-refractivity contribution in [3.8, 4) is 0 Å². The number of rotatable bonds is 3. The summed E-state index contributed by atoms with van der Waals surface area (Å²) in [6, 6.07) is 7.62. The SMILES string of the molecule is CC.CC(N)c1ccc(NC(=O)C2=CCC=C2)cc1. The molecule has 0 saturated heterocycles. The van der Waals surface area contributed by atoms with E-state index in [0.29, 0.717) is 0 Å². The molecule has 1 aliphatic carbocycles. The van der Waals surface area contributed by atoms with Crippen molar-refractivity contribution in [2.45, 2.75) is 33.2 Å². The Morgan fingerprint density at radius 1 is 1.26 bits per heavy atom. The Labute approximate surface area is 115 Å². The van der Waals surface area contributed by atoms with Crippen LogP contribution in [0.25, 0.3) is 0 Å². The molecule has 1 atom stereocenters. The fourth-order valence-electron chi connectivity index (χ4n) is 1.70. The summed E-state index contributed by atoms with van der Waals surface area (Å²) in [4.78, 5) is 11.8. The van der Waals surface area contributed by atoms with Crippen LogP contribution in [0, 0.1) is 0 Å². The minimum absolute atomic E-state index is 0.0141. The van der Waals surface area contributed by atoms with Crippen LogP contribution in [0.3, 0.4) is 0 Å². The average Bonchev–Trinajstić information content (AvgIpc) is 2.95. The van der Waals surface area contributed by atoms with E-state index in [9.17, 15) is 4.79 Å². The van der Waals surface area contributed by atoms with E-state index in [1.807, 2.05) is 63.3 Å². The Kier molecular flexibility index (Phi) is 6.03. The van der Waals surface area contributed by atoms with Crippen LogP contribution in [0.15, 0.2) is 48.1 Å². The van der Waals surface area contributed by atoms with E-state index in [0.717, 1.165) is 23.2 Å². The summed E-state index contributed by atoms with van der Waals surface area (Å²) in [7, 11) is 0. The highest BCUT2D eigenvalue weighted by atomic mass is 16.1. The van der Waals surface area contributed by atoms with Gasteiger partial charge in [0.1, 0.15) is 0 Å². The molecule has 0 saturated carbocycles. The highest BCUT2D eigenvalue weighted by Crippen LogP contribution is 2.16. The van der Waals surface area contributed by atoms with Gasteiger partial charge in [0, 0.05) is 17.3 Å². The third-order valence-electron chi connectivity index (χ3n) is 2.73. The molecular formula is C16H22N2O. The van der Waals surface area contributed by atoms with Crippen LogP contribution < -0.4 is 11.1 Å². The van der Waals surface area contributed by atoms with Gasteiger partial charge in [0.25, 0.3) is 5.91 Å². The van der Waals surface area contributed by atoms with Crippen LogP contribution in [-0.2, 0) is 4.79 Å². The average molecular weight is 258 g/mol. The van der Waals surface area contributed by atoms with Crippen molar-refractivity contribution in [1.82, 2.24) is 0 Å². The molecule has 1 aliphatic rings. The van der Waals surface area contributed by atoms with Crippen molar-refractivity contribution < 1.29 is 4.79 Å². The molecule has 19 heavy (non-hydrogen) atoms. The summed E-state index contributed by atoms with van der Waals surface area (Å²) >= 11 is 0. The number of anilines is 1. The summed E-state index contributed by atoms with van der Waals surface area (Å²) in [5.41, 5.74) is 8.33. The Balaban J connectivity index is 0.000000861. The van der Waals surface area contributed by atoms with E-state index in [1.165, 1.54) is 0 Å². The van der Waals surface area contributed by atoms with Gasteiger partial charge in [0.15, 0.2) is 0 Å². The molecule has 1 aromatic carbocycles. The number of carbonyl (C=O) groups is 1. The predicted octanol–water partition coefficient (Wildman–Crippen LogP) is 3.56. The van der Waals surface area contributed by atoms with Crippen molar-refractivity contribution in [2.24, 2.45) is 5.73 Å². The first kappa shape index (κ1) is 15.2. The Morgan fingerprint density at radius 3 is 2.37 bits per heavy atom. The number of allylic oxidation sites excluding steroid dienone is 2. The van der Waals surface area contributed by atoms with Crippen LogP contribution in [0.2, 0.25) is 0 Å². The van der Waals surface area contributed by atoms with Gasteiger partial charge in [-0.05, 0) is 31.0 Å². The zero-order valence-electron chi connectivity index (χ0n) is 11.8. The maximum atomic E-state index is 11.8. The number of benzene rings is 1. The van der Waals surface area contributed by atoms with Crippen LogP contribution in [-0.4, -0.2) is 5.91 Å². The minimum Gasteiger partial charge on any atom is -0.324 e. The van der Waals surface area contributed by atoms with Crippen molar-refractivity contribution in [1.29, 1.82) is 0 Å². The first-order chi connectivity index (χ1) is 9.16. The largest absolute Gasteiger partial charge is 0.324 e. The molecule has 1 unspecified atom stereocenters. The molecule has 0 heterocycles. The maximum absolute atomic E-state index is 11.8. The molecule has 3 heteroatoms. The lowest BCUT2D eigenvalue weighted by Gasteiger charge is -2.08. The van der Waals surface area contributed by atoms with E-state index >= 15 is 0 Å². The first-order valence-electron chi connectivity index (χ1n) is 6.70. The van der Waals surface area contributed by atoms with Crippen molar-refractivity contribution in [3.63, 3.8) is 0 Å². The number of carbonyl (C=O) groups excluding carboxylic acids is 1. The number of nitrogens with one attached hydrogen (secondary N) is 1. The molecule has 0 aliphatic heterocycles. The minimum atomic E-state index is -0.0627. The summed E-state index contributed by atoms with van der Waals surface area (Å²) in [6.45, 7) is 5.93. The van der Waals surface area contributed by atoms with E-state index in [-0.39, 0.29) is 11.9 Å². The van der Waals surface area contributed by atoms with Crippen molar-refractivity contribution >= 4 is 11.6 Å². The van der Waals surface area contributed by atoms with Gasteiger partial charge in [-0.2, -0.15) is 0 Å². The van der Waals surface area contributed by atoms with Crippen LogP contribution in [0.1, 0.15) is 38.8 Å². The molecule has 0 bridgehead atoms. The third kappa shape index (κ3) is 4.38. The molecule has 1 aromatic rings. The fourth-order valence-corrected chi connectivity index (χ4v) is 1.70. The molecule has 0 radical (unpaired) electrons. The molecule has 2 rings (SSSR count). The molecule has 102 valence electrons. The summed E-state index contributed by atoms with van der Waals surface area (Å²) in [5, 5.41) is 2.85. The Morgan fingerprint density at radius 2 is 1.89 bits per heavy atom. The van der Waals surface area contributed by atoms with E-state index in [1.54, 1.807) is 0 Å². The zero-order chi connectivity index (χ0) is 14.3.